The van der Waals surface area contributed by atoms with Crippen LogP contribution in [0.15, 0.2) is 18.2 Å². The number of rotatable bonds is 3. The van der Waals surface area contributed by atoms with Gasteiger partial charge in [0, 0.05) is 0 Å². The van der Waals surface area contributed by atoms with Crippen LogP contribution in [0.1, 0.15) is 18.6 Å². The van der Waals surface area contributed by atoms with Gasteiger partial charge in [0.2, 0.25) is 0 Å². The molecule has 4 heteroatoms. The molecule has 78 valence electrons. The van der Waals surface area contributed by atoms with E-state index < -0.39 is 18.0 Å². The molecule has 0 amide bonds. The van der Waals surface area contributed by atoms with Gasteiger partial charge in [-0.1, -0.05) is 6.07 Å². The van der Waals surface area contributed by atoms with E-state index in [9.17, 15) is 9.50 Å². The smallest absolute Gasteiger partial charge is 0.165 e. The highest BCUT2D eigenvalue weighted by molar-refractivity contribution is 5.30. The lowest BCUT2D eigenvalue weighted by Crippen LogP contribution is -2.13. The molecule has 0 aliphatic heterocycles. The van der Waals surface area contributed by atoms with Crippen molar-refractivity contribution in [1.29, 1.82) is 0 Å². The Kier molecular flexibility index (Phi) is 3.43. The zero-order chi connectivity index (χ0) is 10.7. The first kappa shape index (κ1) is 10.9. The molecule has 1 aromatic carbocycles. The van der Waals surface area contributed by atoms with E-state index in [1.807, 2.05) is 0 Å². The normalized spacial score (nSPS) is 14.9. The Hall–Kier alpha value is -1.13. The van der Waals surface area contributed by atoms with Crippen molar-refractivity contribution < 1.29 is 19.3 Å². The number of aliphatic hydroxyl groups is 2. The molecule has 3 nitrogen and oxygen atoms in total. The van der Waals surface area contributed by atoms with Crippen molar-refractivity contribution in [3.63, 3.8) is 0 Å². The molecule has 0 saturated heterocycles. The fraction of sp³-hybridized carbons (Fsp3) is 0.400. The molecule has 2 N–H and O–H groups in total. The molecule has 0 radical (unpaired) electrons. The number of aliphatic hydroxyl groups excluding tert-OH is 2. The third-order valence-electron chi connectivity index (χ3n) is 1.97. The minimum Gasteiger partial charge on any atom is -0.494 e. The Morgan fingerprint density at radius 1 is 1.36 bits per heavy atom. The van der Waals surface area contributed by atoms with Crippen molar-refractivity contribution >= 4 is 0 Å². The van der Waals surface area contributed by atoms with Gasteiger partial charge in [-0.3, -0.25) is 0 Å². The standard InChI is InChI=1S/C10H13FO3/c1-6(12)10(13)7-3-4-9(14-2)8(11)5-7/h3-6,10,12-13H,1-2H3. The maximum Gasteiger partial charge on any atom is 0.165 e. The summed E-state index contributed by atoms with van der Waals surface area (Å²) in [5.41, 5.74) is 0.332. The van der Waals surface area contributed by atoms with Gasteiger partial charge in [0.1, 0.15) is 6.10 Å². The van der Waals surface area contributed by atoms with E-state index in [0.29, 0.717) is 5.56 Å². The first-order valence-corrected chi connectivity index (χ1v) is 4.26. The average Bonchev–Trinajstić information content (AvgIpc) is 2.16. The van der Waals surface area contributed by atoms with Crippen molar-refractivity contribution in [2.24, 2.45) is 0 Å². The van der Waals surface area contributed by atoms with E-state index in [1.165, 1.54) is 26.2 Å². The van der Waals surface area contributed by atoms with Crippen LogP contribution in [0.2, 0.25) is 0 Å². The molecule has 0 fully saturated rings. The molecule has 0 spiro atoms. The lowest BCUT2D eigenvalue weighted by molar-refractivity contribution is 0.0303. The summed E-state index contributed by atoms with van der Waals surface area (Å²) in [5.74, 6) is -0.434. The van der Waals surface area contributed by atoms with E-state index in [1.54, 1.807) is 0 Å². The highest BCUT2D eigenvalue weighted by atomic mass is 19.1. The van der Waals surface area contributed by atoms with Gasteiger partial charge < -0.3 is 14.9 Å². The topological polar surface area (TPSA) is 49.7 Å². The lowest BCUT2D eigenvalue weighted by atomic mass is 10.1. The molecule has 0 aliphatic rings. The van der Waals surface area contributed by atoms with Gasteiger partial charge in [-0.2, -0.15) is 0 Å². The molecule has 0 aliphatic carbocycles. The van der Waals surface area contributed by atoms with Crippen molar-refractivity contribution in [1.82, 2.24) is 0 Å². The molecule has 0 bridgehead atoms. The minimum absolute atomic E-state index is 0.117. The number of hydrogen-bond donors (Lipinski definition) is 2. The van der Waals surface area contributed by atoms with E-state index in [2.05, 4.69) is 0 Å². The molecule has 1 rings (SSSR count). The number of methoxy groups -OCH3 is 1. The first-order valence-electron chi connectivity index (χ1n) is 4.26. The highest BCUT2D eigenvalue weighted by Gasteiger charge is 2.15. The molecule has 2 atom stereocenters. The van der Waals surface area contributed by atoms with Gasteiger partial charge in [-0.25, -0.2) is 4.39 Å². The van der Waals surface area contributed by atoms with Gasteiger partial charge in [0.25, 0.3) is 0 Å². The van der Waals surface area contributed by atoms with Gasteiger partial charge in [0.15, 0.2) is 11.6 Å². The molecule has 0 heterocycles. The Morgan fingerprint density at radius 2 is 2.00 bits per heavy atom. The first-order chi connectivity index (χ1) is 6.56. The van der Waals surface area contributed by atoms with Crippen LogP contribution in [0.4, 0.5) is 4.39 Å². The van der Waals surface area contributed by atoms with Crippen molar-refractivity contribution in [3.05, 3.63) is 29.6 Å². The molecule has 0 aromatic heterocycles. The number of ether oxygens (including phenoxy) is 1. The quantitative estimate of drug-likeness (QED) is 0.772. The van der Waals surface area contributed by atoms with E-state index in [4.69, 9.17) is 9.84 Å². The van der Waals surface area contributed by atoms with Crippen LogP contribution in [0.25, 0.3) is 0 Å². The molecular weight excluding hydrogens is 187 g/mol. The molecule has 1 aromatic rings. The van der Waals surface area contributed by atoms with Gasteiger partial charge in [0.05, 0.1) is 13.2 Å². The lowest BCUT2D eigenvalue weighted by Gasteiger charge is -2.14. The largest absolute Gasteiger partial charge is 0.494 e. The SMILES string of the molecule is COc1ccc(C(O)C(C)O)cc1F. The summed E-state index contributed by atoms with van der Waals surface area (Å²) in [6.07, 6.45) is -2.00. The van der Waals surface area contributed by atoms with Crippen molar-refractivity contribution in [2.45, 2.75) is 19.1 Å². The fourth-order valence-corrected chi connectivity index (χ4v) is 1.15. The average molecular weight is 200 g/mol. The van der Waals surface area contributed by atoms with E-state index in [-0.39, 0.29) is 5.75 Å². The summed E-state index contributed by atoms with van der Waals surface area (Å²) in [4.78, 5) is 0. The molecule has 14 heavy (non-hydrogen) atoms. The van der Waals surface area contributed by atoms with Gasteiger partial charge in [-0.15, -0.1) is 0 Å². The second-order valence-electron chi connectivity index (χ2n) is 3.08. The van der Waals surface area contributed by atoms with E-state index >= 15 is 0 Å². The van der Waals surface area contributed by atoms with E-state index in [0.717, 1.165) is 6.07 Å². The van der Waals surface area contributed by atoms with Crippen LogP contribution in [0.3, 0.4) is 0 Å². The van der Waals surface area contributed by atoms with Crippen molar-refractivity contribution in [2.75, 3.05) is 7.11 Å². The predicted molar refractivity (Wildman–Crippen MR) is 49.6 cm³/mol. The van der Waals surface area contributed by atoms with Crippen LogP contribution in [0, 0.1) is 5.82 Å². The van der Waals surface area contributed by atoms with Gasteiger partial charge >= 0.3 is 0 Å². The highest BCUT2D eigenvalue weighted by Crippen LogP contribution is 2.23. The summed E-state index contributed by atoms with van der Waals surface area (Å²) in [7, 11) is 1.36. The zero-order valence-corrected chi connectivity index (χ0v) is 8.07. The van der Waals surface area contributed by atoms with Crippen LogP contribution in [0.5, 0.6) is 5.75 Å². The second kappa shape index (κ2) is 4.39. The number of halogens is 1. The Labute approximate surface area is 81.8 Å². The maximum atomic E-state index is 13.2. The molecule has 2 unspecified atom stereocenters. The Balaban J connectivity index is 2.96. The monoisotopic (exact) mass is 200 g/mol. The van der Waals surface area contributed by atoms with Crippen LogP contribution < -0.4 is 4.74 Å². The summed E-state index contributed by atoms with van der Waals surface area (Å²) in [6.45, 7) is 1.44. The zero-order valence-electron chi connectivity index (χ0n) is 8.07. The fourth-order valence-electron chi connectivity index (χ4n) is 1.15. The third kappa shape index (κ3) is 2.21. The molecule has 0 saturated carbocycles. The predicted octanol–water partition coefficient (Wildman–Crippen LogP) is 1.25. The minimum atomic E-state index is -1.07. The summed E-state index contributed by atoms with van der Waals surface area (Å²) in [5, 5.41) is 18.5. The summed E-state index contributed by atoms with van der Waals surface area (Å²) in [6, 6.07) is 4.08. The summed E-state index contributed by atoms with van der Waals surface area (Å²) >= 11 is 0. The van der Waals surface area contributed by atoms with Crippen molar-refractivity contribution in [3.8, 4) is 5.75 Å². The maximum absolute atomic E-state index is 13.2. The van der Waals surface area contributed by atoms with Crippen LogP contribution in [-0.4, -0.2) is 23.4 Å². The Morgan fingerprint density at radius 3 is 2.43 bits per heavy atom. The summed E-state index contributed by atoms with van der Waals surface area (Å²) < 4.78 is 17.9. The third-order valence-corrected chi connectivity index (χ3v) is 1.97. The Bertz CT molecular complexity index is 312. The number of hydrogen-bond acceptors (Lipinski definition) is 3. The number of benzene rings is 1. The molecular formula is C10H13FO3. The second-order valence-corrected chi connectivity index (χ2v) is 3.08. The van der Waals surface area contributed by atoms with Crippen LogP contribution in [-0.2, 0) is 0 Å². The van der Waals surface area contributed by atoms with Gasteiger partial charge in [-0.05, 0) is 24.6 Å². The van der Waals surface area contributed by atoms with Crippen LogP contribution >= 0.6 is 0 Å².